The molecule has 0 aromatic heterocycles. The Morgan fingerprint density at radius 3 is 2.74 bits per heavy atom. The Morgan fingerprint density at radius 1 is 1.32 bits per heavy atom. The molecular weight excluding hydrogens is 310 g/mol. The molecule has 1 unspecified atom stereocenters. The van der Waals surface area contributed by atoms with E-state index in [1.807, 2.05) is 26.0 Å². The molecule has 1 aliphatic rings. The summed E-state index contributed by atoms with van der Waals surface area (Å²) in [5.41, 5.74) is 6.80. The molecule has 2 N–H and O–H groups in total. The van der Waals surface area contributed by atoms with E-state index in [0.717, 1.165) is 28.0 Å². The lowest BCUT2D eigenvalue weighted by Gasteiger charge is -2.21. The number of hydrogen-bond donors (Lipinski definition) is 1. The summed E-state index contributed by atoms with van der Waals surface area (Å²) in [6.07, 6.45) is 0.885. The fourth-order valence-electron chi connectivity index (χ4n) is 2.04. The summed E-state index contributed by atoms with van der Waals surface area (Å²) in [4.78, 5) is 0. The molecule has 0 saturated carbocycles. The fourth-order valence-corrected chi connectivity index (χ4v) is 2.61. The number of benzene rings is 1. The van der Waals surface area contributed by atoms with E-state index in [2.05, 4.69) is 15.9 Å². The maximum absolute atomic E-state index is 5.82. The summed E-state index contributed by atoms with van der Waals surface area (Å²) < 4.78 is 18.1. The molecule has 0 amide bonds. The van der Waals surface area contributed by atoms with Crippen LogP contribution in [0.5, 0.6) is 11.5 Å². The van der Waals surface area contributed by atoms with Crippen molar-refractivity contribution in [1.29, 1.82) is 0 Å². The Bertz CT molecular complexity index is 437. The van der Waals surface area contributed by atoms with Gasteiger partial charge in [0.2, 0.25) is 0 Å². The number of rotatable bonds is 4. The molecule has 5 heteroatoms. The molecular formula is C14H20BrNO3. The highest BCUT2D eigenvalue weighted by Crippen LogP contribution is 2.40. The van der Waals surface area contributed by atoms with Crippen molar-refractivity contribution in [3.05, 3.63) is 22.2 Å². The summed E-state index contributed by atoms with van der Waals surface area (Å²) in [7, 11) is 0. The Morgan fingerprint density at radius 2 is 2.05 bits per heavy atom. The van der Waals surface area contributed by atoms with Crippen molar-refractivity contribution in [3.63, 3.8) is 0 Å². The number of halogens is 1. The standard InChI is InChI=1S/C14H20BrNO3/c1-9(2)19-13(8-16)10-6-11(15)14-12(7-10)17-4-3-5-18-14/h6-7,9,13H,3-5,8,16H2,1-2H3. The van der Waals surface area contributed by atoms with Crippen LogP contribution in [-0.2, 0) is 4.74 Å². The SMILES string of the molecule is CC(C)OC(CN)c1cc(Br)c2c(c1)OCCCO2. The zero-order valence-electron chi connectivity index (χ0n) is 11.3. The van der Waals surface area contributed by atoms with Crippen molar-refractivity contribution in [2.75, 3.05) is 19.8 Å². The lowest BCUT2D eigenvalue weighted by atomic mass is 10.1. The molecule has 2 rings (SSSR count). The van der Waals surface area contributed by atoms with Crippen LogP contribution in [0.2, 0.25) is 0 Å². The number of fused-ring (bicyclic) bond motifs is 1. The van der Waals surface area contributed by atoms with Gasteiger partial charge in [0.05, 0.1) is 29.9 Å². The van der Waals surface area contributed by atoms with Crippen molar-refractivity contribution < 1.29 is 14.2 Å². The number of nitrogens with two attached hydrogens (primary N) is 1. The second kappa shape index (κ2) is 6.59. The van der Waals surface area contributed by atoms with Gasteiger partial charge >= 0.3 is 0 Å². The third kappa shape index (κ3) is 3.61. The summed E-state index contributed by atoms with van der Waals surface area (Å²) in [5, 5.41) is 0. The average molecular weight is 330 g/mol. The van der Waals surface area contributed by atoms with E-state index in [1.165, 1.54) is 0 Å². The molecule has 1 aliphatic heterocycles. The van der Waals surface area contributed by atoms with Crippen molar-refractivity contribution in [1.82, 2.24) is 0 Å². The van der Waals surface area contributed by atoms with E-state index in [0.29, 0.717) is 19.8 Å². The lowest BCUT2D eigenvalue weighted by Crippen LogP contribution is -2.19. The molecule has 1 aromatic carbocycles. The molecule has 1 heterocycles. The summed E-state index contributed by atoms with van der Waals surface area (Å²) >= 11 is 3.53. The van der Waals surface area contributed by atoms with Crippen molar-refractivity contribution in [2.45, 2.75) is 32.5 Å². The van der Waals surface area contributed by atoms with E-state index >= 15 is 0 Å². The first-order valence-electron chi connectivity index (χ1n) is 6.56. The van der Waals surface area contributed by atoms with E-state index < -0.39 is 0 Å². The van der Waals surface area contributed by atoms with E-state index in [1.54, 1.807) is 0 Å². The highest BCUT2D eigenvalue weighted by Gasteiger charge is 2.20. The molecule has 0 aliphatic carbocycles. The van der Waals surface area contributed by atoms with Crippen LogP contribution in [0.4, 0.5) is 0 Å². The monoisotopic (exact) mass is 329 g/mol. The molecule has 4 nitrogen and oxygen atoms in total. The summed E-state index contributed by atoms with van der Waals surface area (Å²) in [6.45, 7) is 5.78. The van der Waals surface area contributed by atoms with E-state index in [-0.39, 0.29) is 12.2 Å². The number of ether oxygens (including phenoxy) is 3. The van der Waals surface area contributed by atoms with Gasteiger partial charge in [0.25, 0.3) is 0 Å². The molecule has 1 atom stereocenters. The summed E-state index contributed by atoms with van der Waals surface area (Å²) in [6, 6.07) is 3.96. The lowest BCUT2D eigenvalue weighted by molar-refractivity contribution is 0.0118. The van der Waals surface area contributed by atoms with Crippen LogP contribution in [0.3, 0.4) is 0 Å². The molecule has 0 fully saturated rings. The molecule has 0 saturated heterocycles. The Labute approximate surface area is 122 Å². The van der Waals surface area contributed by atoms with Gasteiger partial charge in [-0.1, -0.05) is 0 Å². The highest BCUT2D eigenvalue weighted by molar-refractivity contribution is 9.10. The van der Waals surface area contributed by atoms with Gasteiger partial charge in [-0.2, -0.15) is 0 Å². The predicted molar refractivity (Wildman–Crippen MR) is 77.8 cm³/mol. The van der Waals surface area contributed by atoms with Gasteiger partial charge in [0, 0.05) is 13.0 Å². The fraction of sp³-hybridized carbons (Fsp3) is 0.571. The van der Waals surface area contributed by atoms with Gasteiger partial charge in [0.1, 0.15) is 0 Å². The third-order valence-corrected chi connectivity index (χ3v) is 3.44. The topological polar surface area (TPSA) is 53.7 Å². The molecule has 0 spiro atoms. The van der Waals surface area contributed by atoms with Crippen molar-refractivity contribution in [3.8, 4) is 11.5 Å². The van der Waals surface area contributed by atoms with Crippen LogP contribution in [-0.4, -0.2) is 25.9 Å². The highest BCUT2D eigenvalue weighted by atomic mass is 79.9. The largest absolute Gasteiger partial charge is 0.490 e. The van der Waals surface area contributed by atoms with Crippen LogP contribution in [0.25, 0.3) is 0 Å². The van der Waals surface area contributed by atoms with E-state index in [9.17, 15) is 0 Å². The maximum Gasteiger partial charge on any atom is 0.175 e. The maximum atomic E-state index is 5.82. The first kappa shape index (κ1) is 14.6. The smallest absolute Gasteiger partial charge is 0.175 e. The average Bonchev–Trinajstić information content (AvgIpc) is 2.61. The van der Waals surface area contributed by atoms with Gasteiger partial charge in [0.15, 0.2) is 11.5 Å². The molecule has 0 bridgehead atoms. The quantitative estimate of drug-likeness (QED) is 0.922. The van der Waals surface area contributed by atoms with Crippen LogP contribution in [0.15, 0.2) is 16.6 Å². The van der Waals surface area contributed by atoms with Gasteiger partial charge in [-0.3, -0.25) is 0 Å². The van der Waals surface area contributed by atoms with Gasteiger partial charge in [-0.15, -0.1) is 0 Å². The Hall–Kier alpha value is -0.780. The zero-order valence-corrected chi connectivity index (χ0v) is 12.9. The molecule has 0 radical (unpaired) electrons. The van der Waals surface area contributed by atoms with Crippen molar-refractivity contribution >= 4 is 15.9 Å². The Kier molecular flexibility index (Phi) is 5.07. The third-order valence-electron chi connectivity index (χ3n) is 2.85. The first-order chi connectivity index (χ1) is 9.11. The van der Waals surface area contributed by atoms with Crippen LogP contribution >= 0.6 is 15.9 Å². The molecule has 1 aromatic rings. The van der Waals surface area contributed by atoms with Crippen LogP contribution < -0.4 is 15.2 Å². The van der Waals surface area contributed by atoms with Gasteiger partial charge in [-0.05, 0) is 47.5 Å². The van der Waals surface area contributed by atoms with Crippen molar-refractivity contribution in [2.24, 2.45) is 5.73 Å². The van der Waals surface area contributed by atoms with Crippen LogP contribution in [0.1, 0.15) is 31.9 Å². The normalized spacial score (nSPS) is 16.3. The summed E-state index contributed by atoms with van der Waals surface area (Å²) in [5.74, 6) is 1.52. The van der Waals surface area contributed by atoms with E-state index in [4.69, 9.17) is 19.9 Å². The first-order valence-corrected chi connectivity index (χ1v) is 7.35. The minimum absolute atomic E-state index is 0.128. The Balaban J connectivity index is 2.31. The van der Waals surface area contributed by atoms with Crippen LogP contribution in [0, 0.1) is 0 Å². The second-order valence-electron chi connectivity index (χ2n) is 4.79. The van der Waals surface area contributed by atoms with Gasteiger partial charge < -0.3 is 19.9 Å². The predicted octanol–water partition coefficient (Wildman–Crippen LogP) is 3.04. The van der Waals surface area contributed by atoms with Gasteiger partial charge in [-0.25, -0.2) is 0 Å². The minimum Gasteiger partial charge on any atom is -0.490 e. The number of hydrogen-bond acceptors (Lipinski definition) is 4. The second-order valence-corrected chi connectivity index (χ2v) is 5.64. The minimum atomic E-state index is -0.131. The molecule has 106 valence electrons. The zero-order chi connectivity index (χ0) is 13.8. The molecule has 19 heavy (non-hydrogen) atoms.